The first-order chi connectivity index (χ1) is 13.8. The molecule has 1 aliphatic rings. The van der Waals surface area contributed by atoms with Gasteiger partial charge in [0.2, 0.25) is 0 Å². The highest BCUT2D eigenvalue weighted by Crippen LogP contribution is 2.28. The van der Waals surface area contributed by atoms with E-state index in [1.165, 1.54) is 0 Å². The molecule has 1 N–H and O–H groups in total. The monoisotopic (exact) mass is 372 g/mol. The van der Waals surface area contributed by atoms with Crippen molar-refractivity contribution in [3.05, 3.63) is 102 Å². The quantitative estimate of drug-likeness (QED) is 0.703. The zero-order valence-electron chi connectivity index (χ0n) is 15.7. The number of hydrogen-bond acceptors (Lipinski definition) is 3. The summed E-state index contributed by atoms with van der Waals surface area (Å²) in [5, 5.41) is 3.51. The van der Waals surface area contributed by atoms with Crippen LogP contribution in [0.25, 0.3) is 0 Å². The molecule has 1 heterocycles. The van der Waals surface area contributed by atoms with E-state index >= 15 is 0 Å². The van der Waals surface area contributed by atoms with Crippen LogP contribution in [-0.4, -0.2) is 30.1 Å². The Hall–Kier alpha value is -3.11. The highest BCUT2D eigenvalue weighted by Gasteiger charge is 2.36. The van der Waals surface area contributed by atoms with E-state index in [1.54, 1.807) is 0 Å². The maximum absolute atomic E-state index is 13.3. The minimum Gasteiger partial charge on any atom is -0.375 e. The molecule has 1 amide bonds. The summed E-state index contributed by atoms with van der Waals surface area (Å²) in [5.41, 5.74) is 3.13. The molecule has 0 aromatic heterocycles. The van der Waals surface area contributed by atoms with Crippen LogP contribution in [0.3, 0.4) is 0 Å². The lowest BCUT2D eigenvalue weighted by Crippen LogP contribution is -2.50. The number of amides is 1. The van der Waals surface area contributed by atoms with E-state index in [-0.39, 0.29) is 11.9 Å². The average molecular weight is 372 g/mol. The number of hydrogen-bond donors (Lipinski definition) is 1. The molecule has 3 aromatic carbocycles. The van der Waals surface area contributed by atoms with Gasteiger partial charge < -0.3 is 15.0 Å². The molecular weight excluding hydrogens is 348 g/mol. The Morgan fingerprint density at radius 3 is 2.18 bits per heavy atom. The van der Waals surface area contributed by atoms with E-state index in [9.17, 15) is 4.79 Å². The summed E-state index contributed by atoms with van der Waals surface area (Å²) in [6.45, 7) is 1.74. The molecule has 4 nitrogen and oxygen atoms in total. The van der Waals surface area contributed by atoms with Crippen molar-refractivity contribution in [1.82, 2.24) is 4.90 Å². The first-order valence-corrected chi connectivity index (χ1v) is 9.62. The molecule has 3 aromatic rings. The lowest BCUT2D eigenvalue weighted by atomic mass is 9.98. The van der Waals surface area contributed by atoms with Gasteiger partial charge in [0.15, 0.2) is 6.10 Å². The number of para-hydroxylation sites is 1. The third-order valence-electron chi connectivity index (χ3n) is 4.99. The number of rotatable bonds is 6. The zero-order chi connectivity index (χ0) is 19.2. The van der Waals surface area contributed by atoms with E-state index in [4.69, 9.17) is 4.74 Å². The lowest BCUT2D eigenvalue weighted by molar-refractivity contribution is -0.155. The van der Waals surface area contributed by atoms with E-state index in [0.29, 0.717) is 19.7 Å². The number of carbonyl (C=O) groups excluding carboxylic acids is 1. The highest BCUT2D eigenvalue weighted by atomic mass is 16.5. The standard InChI is InChI=1S/C24H24N2O2/c27-24-23(28-17-16-26(24)18-19-10-4-1-5-11-19)22(20-12-6-2-7-13-20)25-21-14-8-3-9-15-21/h1-15,22-23,25H,16-18H2/t22-,23-/m1/s1. The molecule has 4 rings (SSSR count). The number of anilines is 1. The van der Waals surface area contributed by atoms with E-state index in [0.717, 1.165) is 16.8 Å². The van der Waals surface area contributed by atoms with Crippen LogP contribution in [0.1, 0.15) is 17.2 Å². The lowest BCUT2D eigenvalue weighted by Gasteiger charge is -2.37. The van der Waals surface area contributed by atoms with Crippen molar-refractivity contribution in [2.45, 2.75) is 18.7 Å². The van der Waals surface area contributed by atoms with Crippen molar-refractivity contribution in [3.63, 3.8) is 0 Å². The molecule has 4 heteroatoms. The fourth-order valence-corrected chi connectivity index (χ4v) is 3.56. The second kappa shape index (κ2) is 8.72. The molecule has 1 saturated heterocycles. The predicted molar refractivity (Wildman–Crippen MR) is 111 cm³/mol. The Morgan fingerprint density at radius 2 is 1.50 bits per heavy atom. The average Bonchev–Trinajstić information content (AvgIpc) is 2.76. The minimum atomic E-state index is -0.569. The van der Waals surface area contributed by atoms with Crippen LogP contribution in [0.15, 0.2) is 91.0 Å². The maximum atomic E-state index is 13.3. The largest absolute Gasteiger partial charge is 0.375 e. The Kier molecular flexibility index (Phi) is 5.69. The summed E-state index contributed by atoms with van der Waals surface area (Å²) in [4.78, 5) is 15.2. The van der Waals surface area contributed by atoms with Gasteiger partial charge in [-0.25, -0.2) is 0 Å². The molecular formula is C24H24N2O2. The van der Waals surface area contributed by atoms with Gasteiger partial charge in [-0.15, -0.1) is 0 Å². The number of carbonyl (C=O) groups is 1. The van der Waals surface area contributed by atoms with Crippen LogP contribution >= 0.6 is 0 Å². The van der Waals surface area contributed by atoms with Gasteiger partial charge in [-0.3, -0.25) is 4.79 Å². The van der Waals surface area contributed by atoms with Gasteiger partial charge in [-0.2, -0.15) is 0 Å². The molecule has 0 saturated carbocycles. The Morgan fingerprint density at radius 1 is 0.893 bits per heavy atom. The molecule has 1 fully saturated rings. The molecule has 0 spiro atoms. The van der Waals surface area contributed by atoms with E-state index in [1.807, 2.05) is 83.8 Å². The molecule has 0 bridgehead atoms. The summed E-state index contributed by atoms with van der Waals surface area (Å²) in [6.07, 6.45) is -0.569. The molecule has 2 atom stereocenters. The van der Waals surface area contributed by atoms with E-state index < -0.39 is 6.10 Å². The molecule has 142 valence electrons. The Labute approximate surface area is 165 Å². The van der Waals surface area contributed by atoms with Crippen molar-refractivity contribution < 1.29 is 9.53 Å². The normalized spacial score (nSPS) is 17.9. The molecule has 0 radical (unpaired) electrons. The number of morpholine rings is 1. The number of nitrogens with one attached hydrogen (secondary N) is 1. The minimum absolute atomic E-state index is 0.0207. The van der Waals surface area contributed by atoms with Crippen LogP contribution in [0.4, 0.5) is 5.69 Å². The van der Waals surface area contributed by atoms with Gasteiger partial charge in [0.1, 0.15) is 0 Å². The van der Waals surface area contributed by atoms with Crippen molar-refractivity contribution in [2.75, 3.05) is 18.5 Å². The summed E-state index contributed by atoms with van der Waals surface area (Å²) < 4.78 is 5.99. The number of ether oxygens (including phenoxy) is 1. The second-order valence-corrected chi connectivity index (χ2v) is 6.94. The summed E-state index contributed by atoms with van der Waals surface area (Å²) in [5.74, 6) is 0.0207. The first kappa shape index (κ1) is 18.3. The molecule has 0 aliphatic carbocycles. The first-order valence-electron chi connectivity index (χ1n) is 9.62. The van der Waals surface area contributed by atoms with Crippen LogP contribution in [0, 0.1) is 0 Å². The Balaban J connectivity index is 1.58. The van der Waals surface area contributed by atoms with Gasteiger partial charge >= 0.3 is 0 Å². The maximum Gasteiger partial charge on any atom is 0.254 e. The van der Waals surface area contributed by atoms with Crippen LogP contribution in [-0.2, 0) is 16.1 Å². The van der Waals surface area contributed by atoms with E-state index in [2.05, 4.69) is 17.4 Å². The number of benzene rings is 3. The SMILES string of the molecule is O=C1[C@@H]([C@H](Nc2ccccc2)c2ccccc2)OCCN1Cc1ccccc1. The fraction of sp³-hybridized carbons (Fsp3) is 0.208. The van der Waals surface area contributed by atoms with Gasteiger partial charge in [0.05, 0.1) is 12.6 Å². The smallest absolute Gasteiger partial charge is 0.254 e. The third kappa shape index (κ3) is 4.24. The molecule has 0 unspecified atom stereocenters. The third-order valence-corrected chi connectivity index (χ3v) is 4.99. The van der Waals surface area contributed by atoms with Crippen molar-refractivity contribution >= 4 is 11.6 Å². The van der Waals surface area contributed by atoms with Crippen molar-refractivity contribution in [1.29, 1.82) is 0 Å². The van der Waals surface area contributed by atoms with Gasteiger partial charge in [-0.05, 0) is 23.3 Å². The molecule has 28 heavy (non-hydrogen) atoms. The van der Waals surface area contributed by atoms with Gasteiger partial charge in [0.25, 0.3) is 5.91 Å². The van der Waals surface area contributed by atoms with Gasteiger partial charge in [-0.1, -0.05) is 78.9 Å². The zero-order valence-corrected chi connectivity index (χ0v) is 15.7. The Bertz CT molecular complexity index is 884. The van der Waals surface area contributed by atoms with Crippen LogP contribution in [0.5, 0.6) is 0 Å². The highest BCUT2D eigenvalue weighted by molar-refractivity contribution is 5.83. The van der Waals surface area contributed by atoms with Crippen molar-refractivity contribution in [2.24, 2.45) is 0 Å². The van der Waals surface area contributed by atoms with Crippen LogP contribution in [0.2, 0.25) is 0 Å². The fourth-order valence-electron chi connectivity index (χ4n) is 3.56. The summed E-state index contributed by atoms with van der Waals surface area (Å²) in [6, 6.07) is 29.8. The number of nitrogens with zero attached hydrogens (tertiary/aromatic N) is 1. The van der Waals surface area contributed by atoms with Crippen molar-refractivity contribution in [3.8, 4) is 0 Å². The summed E-state index contributed by atoms with van der Waals surface area (Å²) >= 11 is 0. The predicted octanol–water partition coefficient (Wildman–Crippen LogP) is 4.27. The van der Waals surface area contributed by atoms with Crippen LogP contribution < -0.4 is 5.32 Å². The second-order valence-electron chi connectivity index (χ2n) is 6.94. The molecule has 1 aliphatic heterocycles. The van der Waals surface area contributed by atoms with Gasteiger partial charge in [0, 0.05) is 18.8 Å². The summed E-state index contributed by atoms with van der Waals surface area (Å²) in [7, 11) is 0. The topological polar surface area (TPSA) is 41.6 Å².